The van der Waals surface area contributed by atoms with Crippen molar-refractivity contribution in [3.63, 3.8) is 0 Å². The van der Waals surface area contributed by atoms with Gasteiger partial charge >= 0.3 is 0 Å². The van der Waals surface area contributed by atoms with Crippen LogP contribution in [0.2, 0.25) is 0 Å². The Hall–Kier alpha value is -0.680. The summed E-state index contributed by atoms with van der Waals surface area (Å²) < 4.78 is 25.4. The van der Waals surface area contributed by atoms with Crippen molar-refractivity contribution >= 4 is 0 Å². The van der Waals surface area contributed by atoms with Crippen LogP contribution in [-0.2, 0) is 9.47 Å². The molecule has 5 rings (SSSR count). The van der Waals surface area contributed by atoms with E-state index in [1.807, 2.05) is 0 Å². The molecule has 5 aliphatic rings. The second-order valence-electron chi connectivity index (χ2n) is 13.8. The average molecular weight is 559 g/mol. The molecule has 0 spiro atoms. The number of hydrogen-bond acceptors (Lipinski definition) is 2. The van der Waals surface area contributed by atoms with Gasteiger partial charge in [-0.3, -0.25) is 0 Å². The highest BCUT2D eigenvalue weighted by Crippen LogP contribution is 2.43. The topological polar surface area (TPSA) is 44.1 Å². The van der Waals surface area contributed by atoms with Crippen LogP contribution in [-0.4, -0.2) is 58.3 Å². The van der Waals surface area contributed by atoms with E-state index in [1.54, 1.807) is 0 Å². The molecule has 4 nitrogen and oxygen atoms in total. The summed E-state index contributed by atoms with van der Waals surface area (Å²) in [7, 11) is 0. The van der Waals surface area contributed by atoms with Gasteiger partial charge in [0, 0.05) is 0 Å². The first-order valence-electron chi connectivity index (χ1n) is 17.7. The van der Waals surface area contributed by atoms with Crippen molar-refractivity contribution in [1.29, 1.82) is 0 Å². The lowest BCUT2D eigenvalue weighted by Gasteiger charge is -2.33. The number of ether oxygens (including phenoxy) is 4. The molecule has 12 unspecified atom stereocenters. The smallest absolute Gasteiger partial charge is 0.180 e. The van der Waals surface area contributed by atoms with Crippen LogP contribution in [0.5, 0.6) is 0 Å². The minimum atomic E-state index is 0.307. The molecule has 3 saturated heterocycles. The largest absolute Gasteiger partial charge is 0.422 e. The van der Waals surface area contributed by atoms with E-state index >= 15 is 0 Å². The lowest BCUT2D eigenvalue weighted by atomic mass is 9.87. The Morgan fingerprint density at radius 1 is 0.450 bits per heavy atom. The molecule has 8 bridgehead atoms. The maximum Gasteiger partial charge on any atom is 0.180 e. The van der Waals surface area contributed by atoms with E-state index in [9.17, 15) is 0 Å². The van der Waals surface area contributed by atoms with E-state index < -0.39 is 0 Å². The highest BCUT2D eigenvalue weighted by Gasteiger charge is 2.50. The summed E-state index contributed by atoms with van der Waals surface area (Å²) >= 11 is 0. The lowest BCUT2D eigenvalue weighted by molar-refractivity contribution is -0.204. The first kappa shape index (κ1) is 30.8. The van der Waals surface area contributed by atoms with Gasteiger partial charge in [-0.15, -0.1) is 0 Å². The van der Waals surface area contributed by atoms with Gasteiger partial charge in [-0.25, -0.2) is 0 Å². The molecule has 0 aliphatic carbocycles. The first-order valence-corrected chi connectivity index (χ1v) is 17.7. The van der Waals surface area contributed by atoms with Gasteiger partial charge in [-0.1, -0.05) is 79.1 Å². The number of aliphatic hydroxyl groups is 4. The highest BCUT2D eigenvalue weighted by molar-refractivity contribution is 5.11. The van der Waals surface area contributed by atoms with Crippen LogP contribution in [0.25, 0.3) is 0 Å². The third-order valence-corrected chi connectivity index (χ3v) is 11.1. The summed E-state index contributed by atoms with van der Waals surface area (Å²) in [4.78, 5) is 0. The predicted molar refractivity (Wildman–Crippen MR) is 166 cm³/mol. The van der Waals surface area contributed by atoms with Gasteiger partial charge < -0.3 is 18.9 Å². The Bertz CT molecular complexity index is 683. The fourth-order valence-electron chi connectivity index (χ4n) is 8.77. The summed E-state index contributed by atoms with van der Waals surface area (Å²) in [6, 6.07) is 0. The first-order chi connectivity index (χ1) is 19.7. The number of fused-ring (bicyclic) bond motifs is 8. The molecular weight excluding hydrogens is 496 g/mol. The third-order valence-electron chi connectivity index (χ3n) is 11.1. The maximum atomic E-state index is 7.11. The molecule has 0 aromatic rings. The summed E-state index contributed by atoms with van der Waals surface area (Å²) in [6.45, 7) is 9.30. The molecule has 2 N–H and O–H groups in total. The van der Waals surface area contributed by atoms with Crippen molar-refractivity contribution in [2.75, 3.05) is 0 Å². The van der Waals surface area contributed by atoms with Crippen molar-refractivity contribution in [3.8, 4) is 0 Å². The Labute approximate surface area is 246 Å². The molecule has 40 heavy (non-hydrogen) atoms. The monoisotopic (exact) mass is 558 g/mol. The average Bonchev–Trinajstić information content (AvgIpc) is 3.78. The van der Waals surface area contributed by atoms with Crippen molar-refractivity contribution in [2.24, 2.45) is 23.7 Å². The van der Waals surface area contributed by atoms with Crippen LogP contribution >= 0.6 is 0 Å². The van der Waals surface area contributed by atoms with Crippen LogP contribution < -0.4 is 0 Å². The van der Waals surface area contributed by atoms with Crippen LogP contribution in [0.1, 0.15) is 130 Å². The SMILES string of the molecule is CCCCC1C2CCC(O2)C(CCCC)C2C=CC([OH+]2)C(CCCC)C2CCC(O2)C(CCCC)C2C=CC1[OH+]2. The van der Waals surface area contributed by atoms with E-state index in [-0.39, 0.29) is 0 Å². The Kier molecular flexibility index (Phi) is 11.7. The number of unbranched alkanes of at least 4 members (excludes halogenated alkanes) is 4. The van der Waals surface area contributed by atoms with Crippen LogP contribution in [0, 0.1) is 23.7 Å². The number of hydrogen-bond donors (Lipinski definition) is 0. The van der Waals surface area contributed by atoms with Crippen LogP contribution in [0.3, 0.4) is 0 Å². The second-order valence-corrected chi connectivity index (χ2v) is 13.8. The van der Waals surface area contributed by atoms with Crippen LogP contribution in [0.15, 0.2) is 24.3 Å². The zero-order valence-corrected chi connectivity index (χ0v) is 26.3. The van der Waals surface area contributed by atoms with Gasteiger partial charge in [0.25, 0.3) is 0 Å². The van der Waals surface area contributed by atoms with E-state index in [2.05, 4.69) is 52.0 Å². The van der Waals surface area contributed by atoms with Crippen molar-refractivity contribution < 1.29 is 18.9 Å². The molecule has 0 amide bonds. The highest BCUT2D eigenvalue weighted by atomic mass is 16.5. The van der Waals surface area contributed by atoms with Gasteiger partial charge in [0.1, 0.15) is 0 Å². The fourth-order valence-corrected chi connectivity index (χ4v) is 8.77. The fraction of sp³-hybridized carbons (Fsp3) is 0.889. The minimum absolute atomic E-state index is 0.307. The summed E-state index contributed by atoms with van der Waals surface area (Å²) in [5.74, 6) is 2.05. The van der Waals surface area contributed by atoms with Gasteiger partial charge in [0.2, 0.25) is 0 Å². The summed E-state index contributed by atoms with van der Waals surface area (Å²) in [6.07, 6.45) is 32.2. The van der Waals surface area contributed by atoms with Gasteiger partial charge in [-0.2, -0.15) is 0 Å². The standard InChI is InChI=1S/C36H60O4/c1-5-9-13-25-29-17-19-31(37-29)26(14-10-6-2)33-21-23-35(39-33)28(16-12-8-4)36-24-22-34(40-36)27(15-11-7-3)32-20-18-30(25)38-32/h17,19,22,24-36H,5-16,18,20-21,23H2,1-4H3/p+2. The molecule has 4 heteroatoms. The summed E-state index contributed by atoms with van der Waals surface area (Å²) in [5, 5.41) is 0. The molecule has 3 fully saturated rings. The third kappa shape index (κ3) is 7.09. The Balaban J connectivity index is 1.43. The van der Waals surface area contributed by atoms with Gasteiger partial charge in [-0.05, 0) is 75.7 Å². The minimum Gasteiger partial charge on any atom is -0.422 e. The molecule has 0 aromatic heterocycles. The molecule has 0 aromatic carbocycles. The molecule has 0 saturated carbocycles. The predicted octanol–water partition coefficient (Wildman–Crippen LogP) is 7.99. The molecular formula is C36H62O4+2. The van der Waals surface area contributed by atoms with E-state index in [0.29, 0.717) is 72.5 Å². The molecule has 5 aliphatic heterocycles. The zero-order chi connectivity index (χ0) is 27.9. The van der Waals surface area contributed by atoms with Gasteiger partial charge in [0.05, 0.1) is 48.1 Å². The second kappa shape index (κ2) is 15.2. The quantitative estimate of drug-likeness (QED) is 0.180. The maximum absolute atomic E-state index is 7.11. The molecule has 228 valence electrons. The molecule has 12 atom stereocenters. The lowest BCUT2D eigenvalue weighted by Crippen LogP contribution is -2.42. The molecule has 5 heterocycles. The van der Waals surface area contributed by atoms with Crippen molar-refractivity contribution in [3.05, 3.63) is 24.3 Å². The van der Waals surface area contributed by atoms with E-state index in [4.69, 9.17) is 18.9 Å². The number of rotatable bonds is 12. The van der Waals surface area contributed by atoms with E-state index in [0.717, 1.165) is 0 Å². The van der Waals surface area contributed by atoms with Crippen molar-refractivity contribution in [2.45, 2.75) is 179 Å². The molecule has 0 radical (unpaired) electrons. The Morgan fingerprint density at radius 3 is 0.925 bits per heavy atom. The van der Waals surface area contributed by atoms with E-state index in [1.165, 1.54) is 103 Å². The Morgan fingerprint density at radius 2 is 0.700 bits per heavy atom. The van der Waals surface area contributed by atoms with Crippen LogP contribution in [0.4, 0.5) is 0 Å². The summed E-state index contributed by atoms with van der Waals surface area (Å²) in [5.41, 5.74) is 0. The normalized spacial score (nSPS) is 42.7. The zero-order valence-electron chi connectivity index (χ0n) is 26.3. The van der Waals surface area contributed by atoms with Gasteiger partial charge in [0.15, 0.2) is 24.4 Å². The van der Waals surface area contributed by atoms with Crippen molar-refractivity contribution in [1.82, 2.24) is 0 Å².